The fraction of sp³-hybridized carbons (Fsp3) is 0.118. The summed E-state index contributed by atoms with van der Waals surface area (Å²) in [7, 11) is 0. The number of amides is 2. The zero-order valence-corrected chi connectivity index (χ0v) is 15.6. The van der Waals surface area contributed by atoms with Crippen molar-refractivity contribution in [1.82, 2.24) is 10.3 Å². The number of anilines is 1. The monoisotopic (exact) mass is 419 g/mol. The fourth-order valence-electron chi connectivity index (χ4n) is 2.10. The van der Waals surface area contributed by atoms with E-state index in [0.29, 0.717) is 22.1 Å². The van der Waals surface area contributed by atoms with Gasteiger partial charge in [-0.3, -0.25) is 9.59 Å². The van der Waals surface area contributed by atoms with Gasteiger partial charge in [0.25, 0.3) is 5.91 Å². The van der Waals surface area contributed by atoms with Crippen molar-refractivity contribution in [2.75, 3.05) is 11.9 Å². The molecule has 0 aliphatic carbocycles. The van der Waals surface area contributed by atoms with E-state index in [2.05, 4.69) is 31.5 Å². The molecular formula is C17H14BrN3O3S. The third-order valence-electron chi connectivity index (χ3n) is 3.28. The maximum atomic E-state index is 12.3. The van der Waals surface area contributed by atoms with Gasteiger partial charge in [-0.15, -0.1) is 11.3 Å². The van der Waals surface area contributed by atoms with Crippen molar-refractivity contribution >= 4 is 44.8 Å². The van der Waals surface area contributed by atoms with Gasteiger partial charge >= 0.3 is 0 Å². The molecule has 3 rings (SSSR count). The number of carbonyl (C=O) groups excluding carboxylic acids is 2. The van der Waals surface area contributed by atoms with Gasteiger partial charge in [0.15, 0.2) is 10.8 Å². The van der Waals surface area contributed by atoms with Crippen molar-refractivity contribution in [2.24, 2.45) is 0 Å². The minimum atomic E-state index is -0.391. The highest BCUT2D eigenvalue weighted by atomic mass is 79.9. The molecule has 2 heterocycles. The summed E-state index contributed by atoms with van der Waals surface area (Å²) in [5, 5.41) is 5.93. The van der Waals surface area contributed by atoms with Gasteiger partial charge in [0.1, 0.15) is 5.69 Å². The van der Waals surface area contributed by atoms with Gasteiger partial charge in [-0.1, -0.05) is 15.9 Å². The molecule has 3 aromatic rings. The lowest BCUT2D eigenvalue weighted by molar-refractivity contribution is -0.115. The number of benzene rings is 1. The molecule has 25 heavy (non-hydrogen) atoms. The zero-order valence-electron chi connectivity index (χ0n) is 13.2. The molecule has 0 aliphatic heterocycles. The smallest absolute Gasteiger partial charge is 0.271 e. The van der Waals surface area contributed by atoms with Crippen LogP contribution in [0.25, 0.3) is 10.8 Å². The molecule has 0 aliphatic rings. The van der Waals surface area contributed by atoms with Gasteiger partial charge in [0.05, 0.1) is 12.8 Å². The summed E-state index contributed by atoms with van der Waals surface area (Å²) in [5.74, 6) is -0.0903. The topological polar surface area (TPSA) is 84.2 Å². The van der Waals surface area contributed by atoms with Crippen LogP contribution in [0.4, 0.5) is 5.69 Å². The van der Waals surface area contributed by atoms with E-state index in [1.807, 2.05) is 12.1 Å². The van der Waals surface area contributed by atoms with Crippen LogP contribution in [0.1, 0.15) is 15.4 Å². The Morgan fingerprint density at radius 2 is 2.00 bits per heavy atom. The first-order valence-electron chi connectivity index (χ1n) is 7.38. The van der Waals surface area contributed by atoms with Crippen molar-refractivity contribution < 1.29 is 14.0 Å². The highest BCUT2D eigenvalue weighted by Gasteiger charge is 2.18. The van der Waals surface area contributed by atoms with E-state index in [0.717, 1.165) is 9.35 Å². The molecule has 0 saturated carbocycles. The molecular weight excluding hydrogens is 406 g/mol. The number of furan rings is 1. The molecule has 2 amide bonds. The van der Waals surface area contributed by atoms with E-state index in [4.69, 9.17) is 4.42 Å². The molecule has 6 nitrogen and oxygen atoms in total. The predicted molar refractivity (Wildman–Crippen MR) is 99.7 cm³/mol. The molecule has 2 N–H and O–H groups in total. The average molecular weight is 420 g/mol. The first-order chi connectivity index (χ1) is 12.0. The van der Waals surface area contributed by atoms with E-state index in [1.54, 1.807) is 37.5 Å². The average Bonchev–Trinajstić information content (AvgIpc) is 3.24. The summed E-state index contributed by atoms with van der Waals surface area (Å²) in [6, 6.07) is 10.7. The highest BCUT2D eigenvalue weighted by molar-refractivity contribution is 9.10. The number of hydrogen-bond donors (Lipinski definition) is 2. The molecule has 0 fully saturated rings. The summed E-state index contributed by atoms with van der Waals surface area (Å²) in [6.45, 7) is 1.67. The van der Waals surface area contributed by atoms with E-state index in [1.165, 1.54) is 11.3 Å². The van der Waals surface area contributed by atoms with Crippen molar-refractivity contribution in [3.8, 4) is 10.8 Å². The van der Waals surface area contributed by atoms with Crippen LogP contribution < -0.4 is 10.6 Å². The standard InChI is InChI=1S/C17H14BrN3O3S/c1-10-15(21-17(25-10)13-3-2-8-24-13)16(23)19-9-14(22)20-12-6-4-11(18)5-7-12/h2-8H,9H2,1H3,(H,19,23)(H,20,22). The molecule has 1 aromatic carbocycles. The molecule has 0 bridgehead atoms. The number of thiazole rings is 1. The number of rotatable bonds is 5. The van der Waals surface area contributed by atoms with Crippen LogP contribution in [0, 0.1) is 6.92 Å². The van der Waals surface area contributed by atoms with E-state index < -0.39 is 5.91 Å². The van der Waals surface area contributed by atoms with Crippen LogP contribution >= 0.6 is 27.3 Å². The fourth-order valence-corrected chi connectivity index (χ4v) is 3.24. The second kappa shape index (κ2) is 7.62. The molecule has 0 radical (unpaired) electrons. The lowest BCUT2D eigenvalue weighted by atomic mass is 10.3. The lowest BCUT2D eigenvalue weighted by Crippen LogP contribution is -2.33. The van der Waals surface area contributed by atoms with Gasteiger partial charge in [-0.2, -0.15) is 0 Å². The summed E-state index contributed by atoms with van der Waals surface area (Å²) in [6.07, 6.45) is 1.55. The summed E-state index contributed by atoms with van der Waals surface area (Å²) >= 11 is 4.70. The predicted octanol–water partition coefficient (Wildman–Crippen LogP) is 3.84. The Morgan fingerprint density at radius 3 is 2.68 bits per heavy atom. The molecule has 0 spiro atoms. The van der Waals surface area contributed by atoms with Gasteiger partial charge in [-0.05, 0) is 43.3 Å². The number of nitrogens with one attached hydrogen (secondary N) is 2. The first kappa shape index (κ1) is 17.4. The van der Waals surface area contributed by atoms with E-state index in [9.17, 15) is 9.59 Å². The number of carbonyl (C=O) groups is 2. The molecule has 0 unspecified atom stereocenters. The van der Waals surface area contributed by atoms with E-state index in [-0.39, 0.29) is 12.5 Å². The SMILES string of the molecule is Cc1sc(-c2ccco2)nc1C(=O)NCC(=O)Nc1ccc(Br)cc1. The van der Waals surface area contributed by atoms with Gasteiger partial charge in [-0.25, -0.2) is 4.98 Å². The second-order valence-corrected chi connectivity index (χ2v) is 7.26. The second-order valence-electron chi connectivity index (χ2n) is 5.14. The molecule has 2 aromatic heterocycles. The van der Waals surface area contributed by atoms with E-state index >= 15 is 0 Å². The third kappa shape index (κ3) is 4.34. The van der Waals surface area contributed by atoms with Crippen LogP contribution in [0.5, 0.6) is 0 Å². The minimum Gasteiger partial charge on any atom is -0.462 e. The Balaban J connectivity index is 1.59. The van der Waals surface area contributed by atoms with Gasteiger partial charge in [0, 0.05) is 15.0 Å². The van der Waals surface area contributed by atoms with Crippen LogP contribution in [0.3, 0.4) is 0 Å². The van der Waals surface area contributed by atoms with Crippen LogP contribution in [-0.4, -0.2) is 23.3 Å². The zero-order chi connectivity index (χ0) is 17.8. The van der Waals surface area contributed by atoms with Crippen molar-refractivity contribution in [1.29, 1.82) is 0 Å². The van der Waals surface area contributed by atoms with Gasteiger partial charge < -0.3 is 15.1 Å². The molecule has 0 saturated heterocycles. The van der Waals surface area contributed by atoms with Crippen LogP contribution in [0.2, 0.25) is 0 Å². The summed E-state index contributed by atoms with van der Waals surface area (Å²) in [5.41, 5.74) is 0.959. The van der Waals surface area contributed by atoms with Crippen LogP contribution in [0.15, 0.2) is 51.6 Å². The number of hydrogen-bond acceptors (Lipinski definition) is 5. The maximum absolute atomic E-state index is 12.3. The Hall–Kier alpha value is -2.45. The number of aromatic nitrogens is 1. The summed E-state index contributed by atoms with van der Waals surface area (Å²) < 4.78 is 6.21. The largest absolute Gasteiger partial charge is 0.462 e. The summed E-state index contributed by atoms with van der Waals surface area (Å²) in [4.78, 5) is 29.3. The Kier molecular flexibility index (Phi) is 5.30. The minimum absolute atomic E-state index is 0.137. The van der Waals surface area contributed by atoms with Crippen molar-refractivity contribution in [3.05, 3.63) is 57.7 Å². The first-order valence-corrected chi connectivity index (χ1v) is 8.99. The Bertz CT molecular complexity index is 889. The normalized spacial score (nSPS) is 10.5. The Labute approximate surface area is 156 Å². The number of halogens is 1. The van der Waals surface area contributed by atoms with Gasteiger partial charge in [0.2, 0.25) is 5.91 Å². The number of nitrogens with zero attached hydrogens (tertiary/aromatic N) is 1. The Morgan fingerprint density at radius 1 is 1.24 bits per heavy atom. The van der Waals surface area contributed by atoms with Crippen molar-refractivity contribution in [2.45, 2.75) is 6.92 Å². The lowest BCUT2D eigenvalue weighted by Gasteiger charge is -2.06. The number of aryl methyl sites for hydroxylation is 1. The molecule has 0 atom stereocenters. The maximum Gasteiger partial charge on any atom is 0.271 e. The van der Waals surface area contributed by atoms with Crippen molar-refractivity contribution in [3.63, 3.8) is 0 Å². The third-order valence-corrected chi connectivity index (χ3v) is 4.80. The molecule has 128 valence electrons. The quantitative estimate of drug-likeness (QED) is 0.657. The van der Waals surface area contributed by atoms with Crippen LogP contribution in [-0.2, 0) is 4.79 Å². The highest BCUT2D eigenvalue weighted by Crippen LogP contribution is 2.27. The molecule has 8 heteroatoms.